The summed E-state index contributed by atoms with van der Waals surface area (Å²) in [6.45, 7) is 0. The van der Waals surface area contributed by atoms with Gasteiger partial charge in [0.2, 0.25) is 0 Å². The van der Waals surface area contributed by atoms with Crippen molar-refractivity contribution in [2.45, 2.75) is 6.36 Å². The molecule has 12 heteroatoms. The van der Waals surface area contributed by atoms with Crippen LogP contribution in [0.2, 0.25) is 15.1 Å². The van der Waals surface area contributed by atoms with Crippen molar-refractivity contribution in [1.29, 1.82) is 0 Å². The second kappa shape index (κ2) is 8.11. The van der Waals surface area contributed by atoms with E-state index in [1.54, 1.807) is 0 Å². The first-order valence-electron chi connectivity index (χ1n) is 7.70. The number of alkyl halides is 3. The Bertz CT molecular complexity index is 1090. The average molecular weight is 466 g/mol. The van der Waals surface area contributed by atoms with E-state index >= 15 is 0 Å². The highest BCUT2D eigenvalue weighted by Crippen LogP contribution is 2.36. The lowest BCUT2D eigenvalue weighted by atomic mass is 10.1. The zero-order valence-electron chi connectivity index (χ0n) is 14.1. The molecule has 3 aromatic rings. The van der Waals surface area contributed by atoms with Gasteiger partial charge in [0, 0.05) is 23.5 Å². The Morgan fingerprint density at radius 2 is 1.83 bits per heavy atom. The number of nitrogen functional groups attached to an aromatic ring is 1. The molecule has 0 aliphatic heterocycles. The van der Waals surface area contributed by atoms with Crippen LogP contribution in [0.15, 0.2) is 42.7 Å². The van der Waals surface area contributed by atoms with Crippen molar-refractivity contribution in [3.8, 4) is 22.7 Å². The molecule has 3 N–H and O–H groups in total. The van der Waals surface area contributed by atoms with E-state index in [4.69, 9.17) is 40.6 Å². The van der Waals surface area contributed by atoms with Crippen LogP contribution in [0.5, 0.6) is 5.75 Å². The largest absolute Gasteiger partial charge is 0.573 e. The smallest absolute Gasteiger partial charge is 0.406 e. The maximum absolute atomic E-state index is 12.4. The summed E-state index contributed by atoms with van der Waals surface area (Å²) >= 11 is 18.2. The first kappa shape index (κ1) is 21.3. The molecule has 0 saturated carbocycles. The van der Waals surface area contributed by atoms with Crippen LogP contribution in [0.3, 0.4) is 0 Å². The summed E-state index contributed by atoms with van der Waals surface area (Å²) in [4.78, 5) is 16.5. The topological polar surface area (TPSA) is 82.2 Å². The Kier molecular flexibility index (Phi) is 5.95. The zero-order valence-corrected chi connectivity index (χ0v) is 16.4. The fraction of sp³-hybridized carbons (Fsp3) is 0.0588. The maximum Gasteiger partial charge on any atom is 0.573 e. The number of nitrogens with two attached hydrogens (primary N) is 1. The summed E-state index contributed by atoms with van der Waals surface area (Å²) in [6, 6.07) is 6.30. The number of pyridine rings is 1. The van der Waals surface area contributed by atoms with Crippen molar-refractivity contribution >= 4 is 40.7 Å². The van der Waals surface area contributed by atoms with Crippen LogP contribution in [-0.2, 0) is 0 Å². The van der Waals surface area contributed by atoms with E-state index in [1.165, 1.54) is 35.2 Å². The maximum atomic E-state index is 12.4. The Morgan fingerprint density at radius 1 is 1.10 bits per heavy atom. The number of aromatic nitrogens is 2. The summed E-state index contributed by atoms with van der Waals surface area (Å²) < 4.78 is 42.4. The molecule has 3 rings (SSSR count). The van der Waals surface area contributed by atoms with Gasteiger partial charge in [-0.1, -0.05) is 34.8 Å². The molecule has 0 unspecified atom stereocenters. The van der Waals surface area contributed by atoms with Crippen LogP contribution in [0.25, 0.3) is 16.9 Å². The first-order valence-corrected chi connectivity index (χ1v) is 8.83. The summed E-state index contributed by atoms with van der Waals surface area (Å²) in [7, 11) is 0. The van der Waals surface area contributed by atoms with Gasteiger partial charge in [0.1, 0.15) is 11.4 Å². The van der Waals surface area contributed by atoms with Gasteiger partial charge in [-0.05, 0) is 30.3 Å². The average Bonchev–Trinajstić information content (AvgIpc) is 3.04. The van der Waals surface area contributed by atoms with Gasteiger partial charge in [-0.15, -0.1) is 13.2 Å². The number of halogens is 6. The van der Waals surface area contributed by atoms with Crippen LogP contribution in [0, 0.1) is 0 Å². The predicted molar refractivity (Wildman–Crippen MR) is 102 cm³/mol. The predicted octanol–water partition coefficient (Wildman–Crippen LogP) is 5.00. The second-order valence-corrected chi connectivity index (χ2v) is 6.82. The summed E-state index contributed by atoms with van der Waals surface area (Å²) in [5, 5.41) is 0.371. The Balaban J connectivity index is 2.14. The minimum absolute atomic E-state index is 0.00983. The van der Waals surface area contributed by atoms with E-state index in [0.29, 0.717) is 5.02 Å². The number of hydrazine groups is 1. The number of carbonyl (C=O) groups excluding carboxylic acids is 1. The highest BCUT2D eigenvalue weighted by molar-refractivity contribution is 6.35. The van der Waals surface area contributed by atoms with E-state index in [-0.39, 0.29) is 32.7 Å². The number of carbonyl (C=O) groups is 1. The van der Waals surface area contributed by atoms with Crippen molar-refractivity contribution in [2.24, 2.45) is 5.84 Å². The minimum Gasteiger partial charge on any atom is -0.406 e. The Morgan fingerprint density at radius 3 is 2.41 bits per heavy atom. The lowest BCUT2D eigenvalue weighted by molar-refractivity contribution is -0.274. The van der Waals surface area contributed by atoms with E-state index in [0.717, 1.165) is 12.1 Å². The van der Waals surface area contributed by atoms with Gasteiger partial charge >= 0.3 is 6.36 Å². The van der Waals surface area contributed by atoms with Crippen molar-refractivity contribution in [3.63, 3.8) is 0 Å². The molecule has 29 heavy (non-hydrogen) atoms. The Hall–Kier alpha value is -2.46. The van der Waals surface area contributed by atoms with Crippen molar-refractivity contribution in [2.75, 3.05) is 0 Å². The molecule has 0 spiro atoms. The van der Waals surface area contributed by atoms with Crippen LogP contribution in [-0.4, -0.2) is 21.8 Å². The van der Waals surface area contributed by atoms with E-state index in [2.05, 4.69) is 9.72 Å². The first-order chi connectivity index (χ1) is 13.6. The molecular weight excluding hydrogens is 456 g/mol. The normalized spacial score (nSPS) is 11.4. The molecular formula is C17H10Cl3F3N4O2. The molecule has 0 radical (unpaired) electrons. The van der Waals surface area contributed by atoms with Gasteiger partial charge in [0.05, 0.1) is 15.1 Å². The quantitative estimate of drug-likeness (QED) is 0.323. The molecule has 0 bridgehead atoms. The summed E-state index contributed by atoms with van der Waals surface area (Å²) in [6.07, 6.45) is -2.04. The molecule has 0 atom stereocenters. The highest BCUT2D eigenvalue weighted by Gasteiger charge is 2.31. The molecule has 2 aromatic heterocycles. The standard InChI is InChI=1S/C17H10Cl3F3N4O2/c18-8-5-13(20)15(25-7-8)27-4-3-11(14(27)16(28)26-24)10-2-1-9(6-12(10)19)29-17(21,22)23/h1-7H,24H2,(H,26,28). The third-order valence-corrected chi connectivity index (χ3v) is 4.51. The zero-order chi connectivity index (χ0) is 21.3. The number of nitrogens with zero attached hydrogens (tertiary/aromatic N) is 2. The lowest BCUT2D eigenvalue weighted by Gasteiger charge is -2.13. The number of hydrogen-bond donors (Lipinski definition) is 2. The van der Waals surface area contributed by atoms with Crippen LogP contribution in [0.4, 0.5) is 13.2 Å². The fourth-order valence-corrected chi connectivity index (χ4v) is 3.37. The molecule has 0 aliphatic carbocycles. The molecule has 2 heterocycles. The van der Waals surface area contributed by atoms with E-state index in [9.17, 15) is 18.0 Å². The van der Waals surface area contributed by atoms with Gasteiger partial charge in [-0.2, -0.15) is 0 Å². The summed E-state index contributed by atoms with van der Waals surface area (Å²) in [5.74, 6) is 4.27. The van der Waals surface area contributed by atoms with E-state index < -0.39 is 18.0 Å². The third-order valence-electron chi connectivity index (χ3n) is 3.71. The molecule has 152 valence electrons. The monoisotopic (exact) mass is 464 g/mol. The SMILES string of the molecule is NNC(=O)c1c(-c2ccc(OC(F)(F)F)cc2Cl)ccn1-c1ncc(Cl)cc1Cl. The number of ether oxygens (including phenoxy) is 1. The molecule has 6 nitrogen and oxygen atoms in total. The van der Waals surface area contributed by atoms with Gasteiger partial charge in [0.15, 0.2) is 5.82 Å². The van der Waals surface area contributed by atoms with Crippen molar-refractivity contribution in [1.82, 2.24) is 15.0 Å². The van der Waals surface area contributed by atoms with Crippen LogP contribution < -0.4 is 16.0 Å². The second-order valence-electron chi connectivity index (χ2n) is 5.57. The van der Waals surface area contributed by atoms with Gasteiger partial charge < -0.3 is 4.74 Å². The molecule has 0 saturated heterocycles. The number of hydrogen-bond acceptors (Lipinski definition) is 4. The lowest BCUT2D eigenvalue weighted by Crippen LogP contribution is -2.32. The fourth-order valence-electron chi connectivity index (χ4n) is 2.62. The minimum atomic E-state index is -4.87. The summed E-state index contributed by atoms with van der Waals surface area (Å²) in [5.41, 5.74) is 2.57. The Labute approximate surface area is 176 Å². The van der Waals surface area contributed by atoms with E-state index in [1.807, 2.05) is 5.43 Å². The molecule has 0 aliphatic rings. The van der Waals surface area contributed by atoms with Crippen molar-refractivity contribution in [3.05, 3.63) is 63.5 Å². The van der Waals surface area contributed by atoms with Gasteiger partial charge in [-0.25, -0.2) is 10.8 Å². The highest BCUT2D eigenvalue weighted by atomic mass is 35.5. The van der Waals surface area contributed by atoms with Gasteiger partial charge in [-0.3, -0.25) is 14.8 Å². The number of nitrogens with one attached hydrogen (secondary N) is 1. The van der Waals surface area contributed by atoms with Crippen LogP contribution >= 0.6 is 34.8 Å². The third kappa shape index (κ3) is 4.59. The van der Waals surface area contributed by atoms with Crippen molar-refractivity contribution < 1.29 is 22.7 Å². The van der Waals surface area contributed by atoms with Crippen LogP contribution in [0.1, 0.15) is 10.5 Å². The number of amides is 1. The molecule has 1 aromatic carbocycles. The molecule has 1 amide bonds. The molecule has 0 fully saturated rings. The number of benzene rings is 1. The van der Waals surface area contributed by atoms with Gasteiger partial charge in [0.25, 0.3) is 5.91 Å². The number of rotatable bonds is 4.